The SMILES string of the molecule is CC(C)C=NNC(=O)CNC(=O)c1ccccc1Br. The van der Waals surface area contributed by atoms with Crippen LogP contribution in [-0.4, -0.2) is 24.6 Å². The van der Waals surface area contributed by atoms with Crippen LogP contribution >= 0.6 is 15.9 Å². The fourth-order valence-corrected chi connectivity index (χ4v) is 1.66. The monoisotopic (exact) mass is 325 g/mol. The number of halogens is 1. The Hall–Kier alpha value is -1.69. The number of hydrazone groups is 1. The number of nitrogens with one attached hydrogen (secondary N) is 2. The number of benzene rings is 1. The summed E-state index contributed by atoms with van der Waals surface area (Å²) in [6.07, 6.45) is 1.62. The number of amides is 2. The lowest BCUT2D eigenvalue weighted by molar-refractivity contribution is -0.120. The summed E-state index contributed by atoms with van der Waals surface area (Å²) in [4.78, 5) is 23.2. The van der Waals surface area contributed by atoms with Crippen LogP contribution in [0.15, 0.2) is 33.8 Å². The fraction of sp³-hybridized carbons (Fsp3) is 0.308. The second-order valence-electron chi connectivity index (χ2n) is 4.22. The second-order valence-corrected chi connectivity index (χ2v) is 5.07. The molecular weight excluding hydrogens is 310 g/mol. The highest BCUT2D eigenvalue weighted by atomic mass is 79.9. The molecule has 0 saturated heterocycles. The predicted molar refractivity (Wildman–Crippen MR) is 77.9 cm³/mol. The summed E-state index contributed by atoms with van der Waals surface area (Å²) >= 11 is 3.28. The molecule has 6 heteroatoms. The van der Waals surface area contributed by atoms with Crippen LogP contribution in [-0.2, 0) is 4.79 Å². The third-order valence-corrected chi connectivity index (χ3v) is 2.78. The quantitative estimate of drug-likeness (QED) is 0.641. The van der Waals surface area contributed by atoms with Gasteiger partial charge in [0.05, 0.1) is 12.1 Å². The smallest absolute Gasteiger partial charge is 0.259 e. The van der Waals surface area contributed by atoms with Crippen LogP contribution in [0, 0.1) is 5.92 Å². The van der Waals surface area contributed by atoms with Gasteiger partial charge in [0.2, 0.25) is 0 Å². The van der Waals surface area contributed by atoms with Gasteiger partial charge in [-0.3, -0.25) is 9.59 Å². The van der Waals surface area contributed by atoms with E-state index in [1.165, 1.54) is 0 Å². The number of rotatable bonds is 5. The molecule has 0 saturated carbocycles. The Morgan fingerprint density at radius 2 is 2.05 bits per heavy atom. The molecule has 0 radical (unpaired) electrons. The first kappa shape index (κ1) is 15.4. The molecule has 0 fully saturated rings. The summed E-state index contributed by atoms with van der Waals surface area (Å²) in [5, 5.41) is 6.28. The van der Waals surface area contributed by atoms with Crippen LogP contribution in [0.2, 0.25) is 0 Å². The van der Waals surface area contributed by atoms with Crippen molar-refractivity contribution in [2.45, 2.75) is 13.8 Å². The van der Waals surface area contributed by atoms with Crippen molar-refractivity contribution in [3.63, 3.8) is 0 Å². The maximum absolute atomic E-state index is 11.8. The molecular formula is C13H16BrN3O2. The molecule has 1 aromatic rings. The van der Waals surface area contributed by atoms with Crippen molar-refractivity contribution in [2.24, 2.45) is 11.0 Å². The Bertz CT molecular complexity index is 487. The van der Waals surface area contributed by atoms with E-state index in [-0.39, 0.29) is 24.3 Å². The van der Waals surface area contributed by atoms with Gasteiger partial charge in [-0.15, -0.1) is 0 Å². The molecule has 1 aromatic carbocycles. The molecule has 0 atom stereocenters. The first-order chi connectivity index (χ1) is 9.00. The summed E-state index contributed by atoms with van der Waals surface area (Å²) in [5.74, 6) is -0.414. The summed E-state index contributed by atoms with van der Waals surface area (Å²) in [6, 6.07) is 7.01. The van der Waals surface area contributed by atoms with E-state index in [2.05, 4.69) is 31.8 Å². The second kappa shape index (κ2) is 7.68. The first-order valence-corrected chi connectivity index (χ1v) is 6.64. The number of hydrogen-bond donors (Lipinski definition) is 2. The van der Waals surface area contributed by atoms with Gasteiger partial charge in [0, 0.05) is 10.7 Å². The van der Waals surface area contributed by atoms with E-state index < -0.39 is 0 Å². The average molecular weight is 326 g/mol. The molecule has 0 aliphatic rings. The third-order valence-electron chi connectivity index (χ3n) is 2.09. The van der Waals surface area contributed by atoms with E-state index in [4.69, 9.17) is 0 Å². The molecule has 0 aliphatic carbocycles. The first-order valence-electron chi connectivity index (χ1n) is 5.85. The van der Waals surface area contributed by atoms with Crippen LogP contribution < -0.4 is 10.7 Å². The summed E-state index contributed by atoms with van der Waals surface area (Å²) in [7, 11) is 0. The van der Waals surface area contributed by atoms with Gasteiger partial charge in [-0.1, -0.05) is 26.0 Å². The minimum absolute atomic E-state index is 0.115. The van der Waals surface area contributed by atoms with Crippen molar-refractivity contribution < 1.29 is 9.59 Å². The Balaban J connectivity index is 2.43. The lowest BCUT2D eigenvalue weighted by atomic mass is 10.2. The average Bonchev–Trinajstić information content (AvgIpc) is 2.36. The van der Waals surface area contributed by atoms with Gasteiger partial charge < -0.3 is 5.32 Å². The molecule has 0 heterocycles. The lowest BCUT2D eigenvalue weighted by Crippen LogP contribution is -2.35. The van der Waals surface area contributed by atoms with Gasteiger partial charge in [0.1, 0.15) is 0 Å². The molecule has 2 N–H and O–H groups in total. The standard InChI is InChI=1S/C13H16BrN3O2/c1-9(2)7-16-17-12(18)8-15-13(19)10-5-3-4-6-11(10)14/h3-7,9H,8H2,1-2H3,(H,15,19)(H,17,18). The molecule has 0 spiro atoms. The van der Waals surface area contributed by atoms with E-state index in [0.29, 0.717) is 10.0 Å². The predicted octanol–water partition coefficient (Wildman–Crippen LogP) is 1.94. The van der Waals surface area contributed by atoms with E-state index in [1.807, 2.05) is 19.9 Å². The van der Waals surface area contributed by atoms with Crippen molar-refractivity contribution in [3.8, 4) is 0 Å². The highest BCUT2D eigenvalue weighted by Gasteiger charge is 2.10. The zero-order chi connectivity index (χ0) is 14.3. The largest absolute Gasteiger partial charge is 0.343 e. The summed E-state index contributed by atoms with van der Waals surface area (Å²) in [6.45, 7) is 3.78. The normalized spacial score (nSPS) is 10.7. The maximum atomic E-state index is 11.8. The zero-order valence-electron chi connectivity index (χ0n) is 10.8. The summed E-state index contributed by atoms with van der Waals surface area (Å²) < 4.78 is 0.686. The molecule has 102 valence electrons. The Kier molecular flexibility index (Phi) is 6.21. The minimum Gasteiger partial charge on any atom is -0.343 e. The Morgan fingerprint density at radius 3 is 2.68 bits per heavy atom. The van der Waals surface area contributed by atoms with E-state index in [0.717, 1.165) is 0 Å². The number of hydrogen-bond acceptors (Lipinski definition) is 3. The van der Waals surface area contributed by atoms with Crippen LogP contribution in [0.4, 0.5) is 0 Å². The van der Waals surface area contributed by atoms with Gasteiger partial charge in [-0.2, -0.15) is 5.10 Å². The van der Waals surface area contributed by atoms with Gasteiger partial charge in [0.15, 0.2) is 0 Å². The zero-order valence-corrected chi connectivity index (χ0v) is 12.4. The molecule has 2 amide bonds. The number of carbonyl (C=O) groups excluding carboxylic acids is 2. The highest BCUT2D eigenvalue weighted by Crippen LogP contribution is 2.15. The Labute approximate surface area is 120 Å². The van der Waals surface area contributed by atoms with Crippen molar-refractivity contribution in [1.29, 1.82) is 0 Å². The molecule has 5 nitrogen and oxygen atoms in total. The molecule has 0 bridgehead atoms. The van der Waals surface area contributed by atoms with E-state index in [9.17, 15) is 9.59 Å². The van der Waals surface area contributed by atoms with Gasteiger partial charge >= 0.3 is 0 Å². The van der Waals surface area contributed by atoms with Gasteiger partial charge in [-0.05, 0) is 34.0 Å². The lowest BCUT2D eigenvalue weighted by Gasteiger charge is -2.05. The minimum atomic E-state index is -0.364. The molecule has 1 rings (SSSR count). The van der Waals surface area contributed by atoms with Crippen molar-refractivity contribution in [3.05, 3.63) is 34.3 Å². The topological polar surface area (TPSA) is 70.6 Å². The molecule has 0 aliphatic heterocycles. The highest BCUT2D eigenvalue weighted by molar-refractivity contribution is 9.10. The van der Waals surface area contributed by atoms with Crippen molar-refractivity contribution >= 4 is 34.0 Å². The molecule has 19 heavy (non-hydrogen) atoms. The van der Waals surface area contributed by atoms with Crippen molar-refractivity contribution in [2.75, 3.05) is 6.54 Å². The van der Waals surface area contributed by atoms with Crippen LogP contribution in [0.1, 0.15) is 24.2 Å². The fourth-order valence-electron chi connectivity index (χ4n) is 1.20. The van der Waals surface area contributed by atoms with Crippen LogP contribution in [0.25, 0.3) is 0 Å². The maximum Gasteiger partial charge on any atom is 0.259 e. The van der Waals surface area contributed by atoms with Crippen LogP contribution in [0.3, 0.4) is 0 Å². The van der Waals surface area contributed by atoms with Crippen molar-refractivity contribution in [1.82, 2.24) is 10.7 Å². The van der Waals surface area contributed by atoms with Gasteiger partial charge in [-0.25, -0.2) is 5.43 Å². The van der Waals surface area contributed by atoms with E-state index in [1.54, 1.807) is 24.4 Å². The molecule has 0 aromatic heterocycles. The number of carbonyl (C=O) groups is 2. The van der Waals surface area contributed by atoms with Gasteiger partial charge in [0.25, 0.3) is 11.8 Å². The number of nitrogens with zero attached hydrogens (tertiary/aromatic N) is 1. The Morgan fingerprint density at radius 1 is 1.37 bits per heavy atom. The molecule has 0 unspecified atom stereocenters. The van der Waals surface area contributed by atoms with E-state index >= 15 is 0 Å². The summed E-state index contributed by atoms with van der Waals surface area (Å²) in [5.41, 5.74) is 2.83. The van der Waals surface area contributed by atoms with Crippen LogP contribution in [0.5, 0.6) is 0 Å². The third kappa shape index (κ3) is 5.65.